The van der Waals surface area contributed by atoms with E-state index in [-0.39, 0.29) is 6.04 Å². The molecule has 0 radical (unpaired) electrons. The molecule has 2 aromatic rings. The summed E-state index contributed by atoms with van der Waals surface area (Å²) in [5.41, 5.74) is 3.47. The highest BCUT2D eigenvalue weighted by molar-refractivity contribution is 5.35. The van der Waals surface area contributed by atoms with Crippen molar-refractivity contribution in [2.75, 3.05) is 7.11 Å². The van der Waals surface area contributed by atoms with Gasteiger partial charge in [0.25, 0.3) is 0 Å². The van der Waals surface area contributed by atoms with Crippen molar-refractivity contribution in [3.8, 4) is 5.75 Å². The van der Waals surface area contributed by atoms with E-state index in [1.54, 1.807) is 7.11 Å². The molecule has 2 rings (SSSR count). The van der Waals surface area contributed by atoms with Crippen LogP contribution in [-0.4, -0.2) is 16.9 Å². The van der Waals surface area contributed by atoms with Gasteiger partial charge in [-0.25, -0.2) is 0 Å². The topological polar surface area (TPSA) is 39.1 Å². The number of rotatable bonds is 5. The molecule has 1 aromatic carbocycles. The fourth-order valence-electron chi connectivity index (χ4n) is 2.22. The van der Waals surface area contributed by atoms with E-state index >= 15 is 0 Å². The number of benzene rings is 1. The molecule has 0 aliphatic carbocycles. The first-order chi connectivity index (χ1) is 9.11. The Kier molecular flexibility index (Phi) is 4.22. The molecule has 0 bridgehead atoms. The van der Waals surface area contributed by atoms with Gasteiger partial charge in [0.05, 0.1) is 12.8 Å². The number of hydrogen-bond donors (Lipinski definition) is 1. The average molecular weight is 259 g/mol. The van der Waals surface area contributed by atoms with E-state index in [2.05, 4.69) is 29.6 Å². The van der Waals surface area contributed by atoms with Crippen LogP contribution in [0.5, 0.6) is 5.75 Å². The summed E-state index contributed by atoms with van der Waals surface area (Å²) in [7, 11) is 3.65. The van der Waals surface area contributed by atoms with E-state index in [0.717, 1.165) is 18.0 Å². The molecule has 0 aliphatic rings. The predicted molar refractivity (Wildman–Crippen MR) is 76.2 cm³/mol. The molecule has 0 unspecified atom stereocenters. The normalized spacial score (nSPS) is 12.4. The Bertz CT molecular complexity index is 548. The number of ether oxygens (including phenoxy) is 1. The van der Waals surface area contributed by atoms with Crippen LogP contribution in [0.3, 0.4) is 0 Å². The summed E-state index contributed by atoms with van der Waals surface area (Å²) >= 11 is 0. The van der Waals surface area contributed by atoms with Crippen LogP contribution in [0.2, 0.25) is 0 Å². The first-order valence-electron chi connectivity index (χ1n) is 6.47. The first-order valence-corrected chi connectivity index (χ1v) is 6.47. The van der Waals surface area contributed by atoms with E-state index in [1.165, 1.54) is 11.1 Å². The zero-order valence-corrected chi connectivity index (χ0v) is 12.0. The third-order valence-corrected chi connectivity index (χ3v) is 3.32. The number of aryl methyl sites for hydroxylation is 2. The van der Waals surface area contributed by atoms with Gasteiger partial charge in [-0.2, -0.15) is 5.10 Å². The Morgan fingerprint density at radius 2 is 2.11 bits per heavy atom. The van der Waals surface area contributed by atoms with Crippen LogP contribution in [0.15, 0.2) is 30.5 Å². The molecule has 1 N–H and O–H groups in total. The molecule has 4 nitrogen and oxygen atoms in total. The van der Waals surface area contributed by atoms with Gasteiger partial charge in [0.1, 0.15) is 5.75 Å². The van der Waals surface area contributed by atoms with Gasteiger partial charge in [0, 0.05) is 37.0 Å². The minimum absolute atomic E-state index is 0.232. The van der Waals surface area contributed by atoms with Crippen molar-refractivity contribution < 1.29 is 4.74 Å². The van der Waals surface area contributed by atoms with Gasteiger partial charge in [-0.15, -0.1) is 0 Å². The van der Waals surface area contributed by atoms with Crippen molar-refractivity contribution in [1.82, 2.24) is 15.1 Å². The number of para-hydroxylation sites is 1. The van der Waals surface area contributed by atoms with Gasteiger partial charge < -0.3 is 10.1 Å². The lowest BCUT2D eigenvalue weighted by Crippen LogP contribution is -2.18. The maximum absolute atomic E-state index is 5.39. The third-order valence-electron chi connectivity index (χ3n) is 3.32. The van der Waals surface area contributed by atoms with Crippen molar-refractivity contribution >= 4 is 0 Å². The second kappa shape index (κ2) is 5.89. The molecular formula is C15H21N3O. The Morgan fingerprint density at radius 3 is 2.74 bits per heavy atom. The number of nitrogens with zero attached hydrogens (tertiary/aromatic N) is 2. The van der Waals surface area contributed by atoms with Gasteiger partial charge in [-0.3, -0.25) is 4.68 Å². The van der Waals surface area contributed by atoms with Gasteiger partial charge in [0.2, 0.25) is 0 Å². The van der Waals surface area contributed by atoms with Crippen molar-refractivity contribution in [1.29, 1.82) is 0 Å². The summed E-state index contributed by atoms with van der Waals surface area (Å²) < 4.78 is 7.24. The molecule has 0 amide bonds. The van der Waals surface area contributed by atoms with Crippen LogP contribution in [-0.2, 0) is 13.6 Å². The Hall–Kier alpha value is -1.81. The average Bonchev–Trinajstić information content (AvgIpc) is 2.74. The zero-order chi connectivity index (χ0) is 13.8. The second-order valence-corrected chi connectivity index (χ2v) is 4.76. The quantitative estimate of drug-likeness (QED) is 0.897. The van der Waals surface area contributed by atoms with Gasteiger partial charge in [-0.05, 0) is 19.9 Å². The summed E-state index contributed by atoms with van der Waals surface area (Å²) in [5.74, 6) is 0.922. The highest BCUT2D eigenvalue weighted by Crippen LogP contribution is 2.24. The van der Waals surface area contributed by atoms with Crippen LogP contribution in [0, 0.1) is 6.92 Å². The van der Waals surface area contributed by atoms with E-state index in [0.29, 0.717) is 0 Å². The molecule has 1 atom stereocenters. The van der Waals surface area contributed by atoms with Gasteiger partial charge >= 0.3 is 0 Å². The number of nitrogens with one attached hydrogen (secondary N) is 1. The maximum atomic E-state index is 5.39. The van der Waals surface area contributed by atoms with Crippen LogP contribution in [0.4, 0.5) is 0 Å². The highest BCUT2D eigenvalue weighted by atomic mass is 16.5. The van der Waals surface area contributed by atoms with Crippen LogP contribution in [0.1, 0.15) is 29.8 Å². The number of methoxy groups -OCH3 is 1. The minimum Gasteiger partial charge on any atom is -0.496 e. The monoisotopic (exact) mass is 259 g/mol. The van der Waals surface area contributed by atoms with Crippen molar-refractivity contribution in [2.24, 2.45) is 7.05 Å². The van der Waals surface area contributed by atoms with E-state index < -0.39 is 0 Å². The summed E-state index contributed by atoms with van der Waals surface area (Å²) in [6, 6.07) is 8.33. The summed E-state index contributed by atoms with van der Waals surface area (Å²) in [6.07, 6.45) is 2.05. The highest BCUT2D eigenvalue weighted by Gasteiger charge is 2.11. The first kappa shape index (κ1) is 13.6. The summed E-state index contributed by atoms with van der Waals surface area (Å²) in [4.78, 5) is 0. The molecule has 0 spiro atoms. The SMILES string of the molecule is COc1ccccc1[C@@H](C)NCc1cn(C)nc1C. The van der Waals surface area contributed by atoms with Crippen molar-refractivity contribution in [2.45, 2.75) is 26.4 Å². The maximum Gasteiger partial charge on any atom is 0.123 e. The van der Waals surface area contributed by atoms with Crippen LogP contribution in [0.25, 0.3) is 0 Å². The summed E-state index contributed by atoms with van der Waals surface area (Å²) in [5, 5.41) is 7.86. The molecular weight excluding hydrogens is 238 g/mol. The number of hydrogen-bond acceptors (Lipinski definition) is 3. The van der Waals surface area contributed by atoms with Crippen LogP contribution < -0.4 is 10.1 Å². The molecule has 1 aromatic heterocycles. The number of aromatic nitrogens is 2. The second-order valence-electron chi connectivity index (χ2n) is 4.76. The Balaban J connectivity index is 2.05. The van der Waals surface area contributed by atoms with Crippen molar-refractivity contribution in [3.05, 3.63) is 47.3 Å². The lowest BCUT2D eigenvalue weighted by Gasteiger charge is -2.17. The van der Waals surface area contributed by atoms with E-state index in [4.69, 9.17) is 4.74 Å². The zero-order valence-electron chi connectivity index (χ0n) is 12.0. The fourth-order valence-corrected chi connectivity index (χ4v) is 2.22. The largest absolute Gasteiger partial charge is 0.496 e. The molecule has 4 heteroatoms. The molecule has 0 aliphatic heterocycles. The minimum atomic E-state index is 0.232. The fraction of sp³-hybridized carbons (Fsp3) is 0.400. The van der Waals surface area contributed by atoms with Gasteiger partial charge in [0.15, 0.2) is 0 Å². The van der Waals surface area contributed by atoms with E-state index in [1.807, 2.05) is 36.9 Å². The standard InChI is InChI=1S/C15H21N3O/c1-11-13(10-18(3)17-11)9-16-12(2)14-7-5-6-8-15(14)19-4/h5-8,10,12,16H,9H2,1-4H3/t12-/m1/s1. The lowest BCUT2D eigenvalue weighted by atomic mass is 10.1. The molecule has 102 valence electrons. The molecule has 19 heavy (non-hydrogen) atoms. The molecule has 1 heterocycles. The van der Waals surface area contributed by atoms with Crippen molar-refractivity contribution in [3.63, 3.8) is 0 Å². The third kappa shape index (κ3) is 3.15. The van der Waals surface area contributed by atoms with Gasteiger partial charge in [-0.1, -0.05) is 18.2 Å². The van der Waals surface area contributed by atoms with Crippen LogP contribution >= 0.6 is 0 Å². The van der Waals surface area contributed by atoms with E-state index in [9.17, 15) is 0 Å². The Morgan fingerprint density at radius 1 is 1.37 bits per heavy atom. The molecule has 0 saturated carbocycles. The molecule has 0 saturated heterocycles. The lowest BCUT2D eigenvalue weighted by molar-refractivity contribution is 0.401. The molecule has 0 fully saturated rings. The predicted octanol–water partition coefficient (Wildman–Crippen LogP) is 2.59. The Labute approximate surface area is 114 Å². The smallest absolute Gasteiger partial charge is 0.123 e. The summed E-state index contributed by atoms with van der Waals surface area (Å²) in [6.45, 7) is 4.98.